The van der Waals surface area contributed by atoms with E-state index in [0.717, 1.165) is 30.6 Å². The second-order valence-corrected chi connectivity index (χ2v) is 4.31. The van der Waals surface area contributed by atoms with Crippen molar-refractivity contribution >= 4 is 5.82 Å². The minimum absolute atomic E-state index is 0.161. The van der Waals surface area contributed by atoms with Crippen molar-refractivity contribution in [3.05, 3.63) is 23.4 Å². The maximum atomic E-state index is 10.1. The van der Waals surface area contributed by atoms with E-state index >= 15 is 0 Å². The van der Waals surface area contributed by atoms with Gasteiger partial charge in [-0.3, -0.25) is 0 Å². The van der Waals surface area contributed by atoms with E-state index in [1.54, 1.807) is 6.20 Å². The number of nitrogens with zero attached hydrogens (tertiary/aromatic N) is 1. The number of aryl methyl sites for hydroxylation is 1. The van der Waals surface area contributed by atoms with Crippen LogP contribution in [-0.4, -0.2) is 22.8 Å². The number of nitrogens with two attached hydrogens (primary N) is 1. The zero-order valence-corrected chi connectivity index (χ0v) is 9.52. The Morgan fingerprint density at radius 1 is 1.69 bits per heavy atom. The van der Waals surface area contributed by atoms with Crippen LogP contribution in [0.2, 0.25) is 0 Å². The highest BCUT2D eigenvalue weighted by Crippen LogP contribution is 2.29. The molecule has 1 aromatic heterocycles. The number of nitrogen functional groups attached to an aromatic ring is 1. The summed E-state index contributed by atoms with van der Waals surface area (Å²) in [6, 6.07) is 1.87. The number of aliphatic hydroxyl groups excluding tert-OH is 1. The van der Waals surface area contributed by atoms with Crippen LogP contribution < -0.4 is 5.73 Å². The Labute approximate surface area is 95.4 Å². The molecular formula is C12H18N2O2. The highest BCUT2D eigenvalue weighted by molar-refractivity contribution is 5.45. The van der Waals surface area contributed by atoms with Gasteiger partial charge in [0.1, 0.15) is 5.82 Å². The SMILES string of the molecule is Cc1ccnc(N)c1C(O)CC1CCCO1. The summed E-state index contributed by atoms with van der Waals surface area (Å²) in [6.45, 7) is 2.74. The summed E-state index contributed by atoms with van der Waals surface area (Å²) in [4.78, 5) is 4.01. The number of hydrogen-bond donors (Lipinski definition) is 2. The number of rotatable bonds is 3. The normalized spacial score (nSPS) is 22.2. The summed E-state index contributed by atoms with van der Waals surface area (Å²) in [5.41, 5.74) is 7.52. The fourth-order valence-electron chi connectivity index (χ4n) is 2.22. The number of aliphatic hydroxyl groups is 1. The van der Waals surface area contributed by atoms with Gasteiger partial charge in [-0.2, -0.15) is 0 Å². The smallest absolute Gasteiger partial charge is 0.129 e. The minimum Gasteiger partial charge on any atom is -0.388 e. The summed E-state index contributed by atoms with van der Waals surface area (Å²) >= 11 is 0. The van der Waals surface area contributed by atoms with Crippen molar-refractivity contribution in [2.24, 2.45) is 0 Å². The molecular weight excluding hydrogens is 204 g/mol. The van der Waals surface area contributed by atoms with Gasteiger partial charge in [-0.15, -0.1) is 0 Å². The van der Waals surface area contributed by atoms with Crippen molar-refractivity contribution in [2.45, 2.75) is 38.4 Å². The molecule has 1 aliphatic rings. The largest absolute Gasteiger partial charge is 0.388 e. The molecule has 2 atom stereocenters. The first kappa shape index (κ1) is 11.4. The van der Waals surface area contributed by atoms with E-state index in [4.69, 9.17) is 10.5 Å². The molecule has 16 heavy (non-hydrogen) atoms. The molecule has 3 N–H and O–H groups in total. The van der Waals surface area contributed by atoms with Crippen molar-refractivity contribution in [3.8, 4) is 0 Å². The first-order valence-corrected chi connectivity index (χ1v) is 5.69. The van der Waals surface area contributed by atoms with Gasteiger partial charge in [0, 0.05) is 24.8 Å². The van der Waals surface area contributed by atoms with E-state index in [2.05, 4.69) is 4.98 Å². The summed E-state index contributed by atoms with van der Waals surface area (Å²) in [5.74, 6) is 0.422. The van der Waals surface area contributed by atoms with E-state index in [1.165, 1.54) is 0 Å². The average Bonchev–Trinajstić information content (AvgIpc) is 2.70. The van der Waals surface area contributed by atoms with Gasteiger partial charge in [-0.25, -0.2) is 4.98 Å². The van der Waals surface area contributed by atoms with E-state index in [1.807, 2.05) is 13.0 Å². The van der Waals surface area contributed by atoms with Crippen molar-refractivity contribution in [1.29, 1.82) is 0 Å². The molecule has 2 heterocycles. The monoisotopic (exact) mass is 222 g/mol. The predicted molar refractivity (Wildman–Crippen MR) is 61.9 cm³/mol. The Bertz CT molecular complexity index is 342. The Kier molecular flexibility index (Phi) is 3.41. The van der Waals surface area contributed by atoms with Gasteiger partial charge in [0.15, 0.2) is 0 Å². The molecule has 1 aliphatic heterocycles. The second kappa shape index (κ2) is 4.80. The van der Waals surface area contributed by atoms with Gasteiger partial charge < -0.3 is 15.6 Å². The van der Waals surface area contributed by atoms with Crippen LogP contribution in [0, 0.1) is 6.92 Å². The van der Waals surface area contributed by atoms with E-state index in [9.17, 15) is 5.11 Å². The lowest BCUT2D eigenvalue weighted by molar-refractivity contribution is 0.0535. The lowest BCUT2D eigenvalue weighted by atomic mass is 9.99. The highest BCUT2D eigenvalue weighted by atomic mass is 16.5. The molecule has 4 heteroatoms. The van der Waals surface area contributed by atoms with Crippen LogP contribution in [0.25, 0.3) is 0 Å². The van der Waals surface area contributed by atoms with Crippen LogP contribution in [0.1, 0.15) is 36.5 Å². The first-order chi connectivity index (χ1) is 7.68. The molecule has 0 aliphatic carbocycles. The summed E-state index contributed by atoms with van der Waals surface area (Å²) in [5, 5.41) is 10.1. The van der Waals surface area contributed by atoms with Crippen LogP contribution in [0.5, 0.6) is 0 Å². The number of pyridine rings is 1. The highest BCUT2D eigenvalue weighted by Gasteiger charge is 2.22. The molecule has 2 unspecified atom stereocenters. The topological polar surface area (TPSA) is 68.4 Å². The van der Waals surface area contributed by atoms with Gasteiger partial charge in [-0.05, 0) is 31.4 Å². The van der Waals surface area contributed by atoms with Gasteiger partial charge in [0.25, 0.3) is 0 Å². The van der Waals surface area contributed by atoms with Crippen molar-refractivity contribution < 1.29 is 9.84 Å². The van der Waals surface area contributed by atoms with Crippen LogP contribution in [0.15, 0.2) is 12.3 Å². The van der Waals surface area contributed by atoms with E-state index in [0.29, 0.717) is 12.2 Å². The molecule has 0 bridgehead atoms. The fraction of sp³-hybridized carbons (Fsp3) is 0.583. The van der Waals surface area contributed by atoms with E-state index < -0.39 is 6.10 Å². The Morgan fingerprint density at radius 3 is 3.12 bits per heavy atom. The number of ether oxygens (including phenoxy) is 1. The summed E-state index contributed by atoms with van der Waals surface area (Å²) in [6.07, 6.45) is 3.96. The molecule has 2 rings (SSSR count). The van der Waals surface area contributed by atoms with Gasteiger partial charge in [0.2, 0.25) is 0 Å². The molecule has 1 fully saturated rings. The summed E-state index contributed by atoms with van der Waals surface area (Å²) in [7, 11) is 0. The maximum Gasteiger partial charge on any atom is 0.129 e. The molecule has 0 amide bonds. The molecule has 1 aromatic rings. The maximum absolute atomic E-state index is 10.1. The fourth-order valence-corrected chi connectivity index (χ4v) is 2.22. The third kappa shape index (κ3) is 2.33. The predicted octanol–water partition coefficient (Wildman–Crippen LogP) is 1.57. The summed E-state index contributed by atoms with van der Waals surface area (Å²) < 4.78 is 5.50. The first-order valence-electron chi connectivity index (χ1n) is 5.69. The lowest BCUT2D eigenvalue weighted by Crippen LogP contribution is -2.14. The average molecular weight is 222 g/mol. The third-order valence-corrected chi connectivity index (χ3v) is 3.08. The molecule has 0 spiro atoms. The molecule has 4 nitrogen and oxygen atoms in total. The van der Waals surface area contributed by atoms with Gasteiger partial charge >= 0.3 is 0 Å². The number of hydrogen-bond acceptors (Lipinski definition) is 4. The lowest BCUT2D eigenvalue weighted by Gasteiger charge is -2.18. The van der Waals surface area contributed by atoms with E-state index in [-0.39, 0.29) is 6.10 Å². The molecule has 0 saturated carbocycles. The van der Waals surface area contributed by atoms with Crippen LogP contribution in [-0.2, 0) is 4.74 Å². The molecule has 1 saturated heterocycles. The minimum atomic E-state index is -0.572. The van der Waals surface area contributed by atoms with Gasteiger partial charge in [-0.1, -0.05) is 0 Å². The Morgan fingerprint density at radius 2 is 2.50 bits per heavy atom. The Hall–Kier alpha value is -1.13. The van der Waals surface area contributed by atoms with Crippen LogP contribution in [0.3, 0.4) is 0 Å². The molecule has 0 radical (unpaired) electrons. The van der Waals surface area contributed by atoms with Crippen LogP contribution >= 0.6 is 0 Å². The second-order valence-electron chi connectivity index (χ2n) is 4.31. The van der Waals surface area contributed by atoms with Crippen LogP contribution in [0.4, 0.5) is 5.82 Å². The van der Waals surface area contributed by atoms with Crippen molar-refractivity contribution in [3.63, 3.8) is 0 Å². The Balaban J connectivity index is 2.10. The van der Waals surface area contributed by atoms with Crippen molar-refractivity contribution in [2.75, 3.05) is 12.3 Å². The third-order valence-electron chi connectivity index (χ3n) is 3.08. The zero-order chi connectivity index (χ0) is 11.5. The van der Waals surface area contributed by atoms with Crippen molar-refractivity contribution in [1.82, 2.24) is 4.98 Å². The van der Waals surface area contributed by atoms with Gasteiger partial charge in [0.05, 0.1) is 12.2 Å². The molecule has 88 valence electrons. The number of aromatic nitrogens is 1. The quantitative estimate of drug-likeness (QED) is 0.814. The standard InChI is InChI=1S/C12H18N2O2/c1-8-4-5-14-12(13)11(8)10(15)7-9-3-2-6-16-9/h4-5,9-10,15H,2-3,6-7H2,1H3,(H2,13,14). The number of anilines is 1. The molecule has 0 aromatic carbocycles. The zero-order valence-electron chi connectivity index (χ0n) is 9.52.